The highest BCUT2D eigenvalue weighted by molar-refractivity contribution is 7.83. The molecule has 0 saturated heterocycles. The van der Waals surface area contributed by atoms with E-state index in [1.807, 2.05) is 24.3 Å². The van der Waals surface area contributed by atoms with Gasteiger partial charge in [0.25, 0.3) is 0 Å². The van der Waals surface area contributed by atoms with Gasteiger partial charge in [0.1, 0.15) is 0 Å². The van der Waals surface area contributed by atoms with Crippen molar-refractivity contribution in [1.82, 2.24) is 0 Å². The van der Waals surface area contributed by atoms with Crippen LogP contribution < -0.4 is 0 Å². The molecule has 0 aromatic heterocycles. The Morgan fingerprint density at radius 2 is 0.833 bits per heavy atom. The first kappa shape index (κ1) is 15.7. The average molecular weight is 354 g/mol. The van der Waals surface area contributed by atoms with E-state index in [9.17, 15) is 8.42 Å². The van der Waals surface area contributed by atoms with Crippen molar-refractivity contribution < 1.29 is 8.42 Å². The highest BCUT2D eigenvalue weighted by atomic mass is 32.2. The minimum Gasteiger partial charge on any atom is -0.259 e. The molecule has 5 aliphatic heterocycles. The van der Waals surface area contributed by atoms with Gasteiger partial charge >= 0.3 is 0 Å². The van der Waals surface area contributed by atoms with E-state index in [2.05, 4.69) is 36.4 Å². The maximum absolute atomic E-state index is 12.5. The van der Waals surface area contributed by atoms with E-state index >= 15 is 0 Å². The van der Waals surface area contributed by atoms with E-state index in [0.29, 0.717) is 23.0 Å². The molecular formula is C20H18O2S2. The van der Waals surface area contributed by atoms with Gasteiger partial charge in [0.05, 0.1) is 0 Å². The maximum Gasteiger partial charge on any atom is 0.0489 e. The zero-order valence-corrected chi connectivity index (χ0v) is 14.9. The molecule has 2 unspecified atom stereocenters. The molecule has 0 radical (unpaired) electrons. The summed E-state index contributed by atoms with van der Waals surface area (Å²) in [7, 11) is -1.86. The topological polar surface area (TPSA) is 34.1 Å². The van der Waals surface area contributed by atoms with Crippen molar-refractivity contribution in [2.45, 2.75) is 23.0 Å². The minimum absolute atomic E-state index is 0.556. The van der Waals surface area contributed by atoms with Crippen LogP contribution in [0, 0.1) is 0 Å². The first-order valence-corrected chi connectivity index (χ1v) is 10.9. The van der Waals surface area contributed by atoms with Crippen LogP contribution in [-0.2, 0) is 44.6 Å². The fourth-order valence-electron chi connectivity index (χ4n) is 3.10. The van der Waals surface area contributed by atoms with Crippen molar-refractivity contribution in [3.05, 3.63) is 82.9 Å². The van der Waals surface area contributed by atoms with Crippen molar-refractivity contribution >= 4 is 32.4 Å². The van der Waals surface area contributed by atoms with Crippen molar-refractivity contribution in [3.8, 4) is 0 Å². The van der Waals surface area contributed by atoms with Gasteiger partial charge < -0.3 is 0 Å². The van der Waals surface area contributed by atoms with Crippen LogP contribution in [0.1, 0.15) is 22.3 Å². The largest absolute Gasteiger partial charge is 0.259 e. The van der Waals surface area contributed by atoms with Gasteiger partial charge in [-0.3, -0.25) is 8.42 Å². The molecule has 0 N–H and O–H groups in total. The number of hydrogen-bond donors (Lipinski definition) is 0. The summed E-state index contributed by atoms with van der Waals surface area (Å²) in [5, 5.41) is 2.30. The standard InChI is InChI=1S/C20H18O2S2/c21-23-11-15-1-2-16(4-3-15)12-24(22)14-18-6-8-19-9-17(13-23)5-7-20(19)10-18/h1-10H,11-14H2. The van der Waals surface area contributed by atoms with Crippen LogP contribution in [0.2, 0.25) is 0 Å². The molecule has 0 fully saturated rings. The van der Waals surface area contributed by atoms with Crippen molar-refractivity contribution in [2.24, 2.45) is 0 Å². The van der Waals surface area contributed by atoms with Crippen LogP contribution in [0.3, 0.4) is 0 Å². The second-order valence-electron chi connectivity index (χ2n) is 6.29. The monoisotopic (exact) mass is 354 g/mol. The van der Waals surface area contributed by atoms with Crippen LogP contribution in [0.5, 0.6) is 0 Å². The third-order valence-corrected chi connectivity index (χ3v) is 6.92. The Morgan fingerprint density at radius 1 is 0.500 bits per heavy atom. The SMILES string of the molecule is O=S1Cc2ccc(cc2)CS(=O)Cc2ccc3cc(ccc3c2)C1. The summed E-state index contributed by atoms with van der Waals surface area (Å²) in [6.07, 6.45) is 0. The van der Waals surface area contributed by atoms with Gasteiger partial charge in [-0.15, -0.1) is 0 Å². The molecule has 24 heavy (non-hydrogen) atoms. The molecule has 2 nitrogen and oxygen atoms in total. The highest BCUT2D eigenvalue weighted by Crippen LogP contribution is 2.21. The van der Waals surface area contributed by atoms with E-state index in [1.165, 1.54) is 0 Å². The molecule has 0 saturated carbocycles. The normalized spacial score (nSPS) is 21.0. The van der Waals surface area contributed by atoms with E-state index in [4.69, 9.17) is 0 Å². The number of rotatable bonds is 0. The molecule has 5 aliphatic rings. The lowest BCUT2D eigenvalue weighted by atomic mass is 10.1. The lowest BCUT2D eigenvalue weighted by molar-refractivity contribution is 0.681. The minimum atomic E-state index is -0.931. The Labute approximate surface area is 146 Å². The van der Waals surface area contributed by atoms with Crippen LogP contribution in [0.25, 0.3) is 10.8 Å². The predicted octanol–water partition coefficient (Wildman–Crippen LogP) is 4.05. The molecule has 8 rings (SSSR count). The van der Waals surface area contributed by atoms with Crippen LogP contribution in [0.15, 0.2) is 60.7 Å². The summed E-state index contributed by atoms with van der Waals surface area (Å²) in [5.74, 6) is 2.26. The van der Waals surface area contributed by atoms with Gasteiger partial charge in [0, 0.05) is 44.6 Å². The lowest BCUT2D eigenvalue weighted by Crippen LogP contribution is -2.02. The first-order valence-electron chi connectivity index (χ1n) is 7.95. The first-order chi connectivity index (χ1) is 11.7. The summed E-state index contributed by atoms with van der Waals surface area (Å²) < 4.78 is 24.9. The van der Waals surface area contributed by atoms with Crippen LogP contribution >= 0.6 is 0 Å². The third-order valence-electron chi connectivity index (χ3n) is 4.30. The quantitative estimate of drug-likeness (QED) is 0.610. The van der Waals surface area contributed by atoms with Gasteiger partial charge in [-0.05, 0) is 33.0 Å². The Morgan fingerprint density at radius 3 is 1.25 bits per heavy atom. The van der Waals surface area contributed by atoms with Crippen LogP contribution in [-0.4, -0.2) is 8.42 Å². The third kappa shape index (κ3) is 3.50. The summed E-state index contributed by atoms with van der Waals surface area (Å²) >= 11 is 0. The molecule has 4 heteroatoms. The van der Waals surface area contributed by atoms with Gasteiger partial charge in [0.2, 0.25) is 0 Å². The smallest absolute Gasteiger partial charge is 0.0489 e. The molecular weight excluding hydrogens is 336 g/mol. The lowest BCUT2D eigenvalue weighted by Gasteiger charge is -2.09. The molecule has 0 spiro atoms. The van der Waals surface area contributed by atoms with E-state index in [0.717, 1.165) is 33.0 Å². The predicted molar refractivity (Wildman–Crippen MR) is 101 cm³/mol. The van der Waals surface area contributed by atoms with Crippen molar-refractivity contribution in [3.63, 3.8) is 0 Å². The number of hydrogen-bond acceptors (Lipinski definition) is 2. The molecule has 3 aromatic rings. The maximum atomic E-state index is 12.5. The van der Waals surface area contributed by atoms with Crippen molar-refractivity contribution in [1.29, 1.82) is 0 Å². The molecule has 0 aliphatic carbocycles. The zero-order valence-electron chi connectivity index (χ0n) is 13.2. The van der Waals surface area contributed by atoms with E-state index in [1.54, 1.807) is 0 Å². The van der Waals surface area contributed by atoms with Crippen molar-refractivity contribution in [2.75, 3.05) is 0 Å². The average Bonchev–Trinajstić information content (AvgIpc) is 2.56. The van der Waals surface area contributed by atoms with Gasteiger partial charge in [-0.25, -0.2) is 0 Å². The van der Waals surface area contributed by atoms with Gasteiger partial charge in [-0.1, -0.05) is 60.7 Å². The number of benzene rings is 3. The fraction of sp³-hybridized carbons (Fsp3) is 0.200. The van der Waals surface area contributed by atoms with E-state index < -0.39 is 21.6 Å². The second kappa shape index (κ2) is 6.61. The van der Waals surface area contributed by atoms with E-state index in [-0.39, 0.29) is 0 Å². The Kier molecular flexibility index (Phi) is 4.33. The molecule has 5 heterocycles. The zero-order chi connectivity index (χ0) is 16.5. The summed E-state index contributed by atoms with van der Waals surface area (Å²) in [6, 6.07) is 20.5. The Hall–Kier alpha value is -1.78. The molecule has 122 valence electrons. The second-order valence-corrected chi connectivity index (χ2v) is 9.20. The summed E-state index contributed by atoms with van der Waals surface area (Å²) in [4.78, 5) is 0. The Bertz CT molecular complexity index is 867. The molecule has 0 amide bonds. The molecule has 3 aromatic carbocycles. The summed E-state index contributed by atoms with van der Waals surface area (Å²) in [6.45, 7) is 0. The van der Waals surface area contributed by atoms with Gasteiger partial charge in [-0.2, -0.15) is 0 Å². The van der Waals surface area contributed by atoms with Gasteiger partial charge in [0.15, 0.2) is 0 Å². The Balaban J connectivity index is 1.78. The molecule has 6 bridgehead atoms. The molecule has 2 atom stereocenters. The fourth-order valence-corrected chi connectivity index (χ4v) is 5.54. The highest BCUT2D eigenvalue weighted by Gasteiger charge is 2.09. The summed E-state index contributed by atoms with van der Waals surface area (Å²) in [5.41, 5.74) is 4.33. The van der Waals surface area contributed by atoms with Crippen LogP contribution in [0.4, 0.5) is 0 Å².